The van der Waals surface area contributed by atoms with E-state index in [2.05, 4.69) is 4.90 Å². The fourth-order valence-corrected chi connectivity index (χ4v) is 1.87. The van der Waals surface area contributed by atoms with Crippen LogP contribution in [-0.2, 0) is 4.74 Å². The van der Waals surface area contributed by atoms with Crippen LogP contribution in [0.15, 0.2) is 24.3 Å². The van der Waals surface area contributed by atoms with Crippen molar-refractivity contribution in [2.24, 2.45) is 5.73 Å². The topological polar surface area (TPSA) is 38.5 Å². The Hall–Kier alpha value is -0.970. The highest BCUT2D eigenvalue weighted by molar-refractivity contribution is 5.20. The van der Waals surface area contributed by atoms with E-state index in [1.165, 1.54) is 12.1 Å². The number of likely N-dealkylation sites (N-methyl/N-ethyl adjacent to an activating group) is 1. The zero-order valence-corrected chi connectivity index (χ0v) is 10.5. The van der Waals surface area contributed by atoms with Crippen molar-refractivity contribution in [1.29, 1.82) is 0 Å². The number of benzene rings is 1. The number of nitrogens with zero attached hydrogens (tertiary/aromatic N) is 1. The van der Waals surface area contributed by atoms with E-state index >= 15 is 0 Å². The van der Waals surface area contributed by atoms with Crippen LogP contribution < -0.4 is 5.73 Å². The molecule has 0 radical (unpaired) electrons. The second kappa shape index (κ2) is 7.37. The van der Waals surface area contributed by atoms with E-state index in [-0.39, 0.29) is 11.9 Å². The summed E-state index contributed by atoms with van der Waals surface area (Å²) in [6.07, 6.45) is 0.963. The minimum absolute atomic E-state index is 0.132. The van der Waals surface area contributed by atoms with Gasteiger partial charge < -0.3 is 10.5 Å². The monoisotopic (exact) mass is 240 g/mol. The lowest BCUT2D eigenvalue weighted by Crippen LogP contribution is -2.31. The predicted octanol–water partition coefficient (Wildman–Crippen LogP) is 1.79. The first-order chi connectivity index (χ1) is 8.19. The zero-order chi connectivity index (χ0) is 12.7. The van der Waals surface area contributed by atoms with Gasteiger partial charge in [-0.05, 0) is 31.2 Å². The third-order valence-electron chi connectivity index (χ3n) is 2.87. The van der Waals surface area contributed by atoms with Gasteiger partial charge in [-0.15, -0.1) is 0 Å². The van der Waals surface area contributed by atoms with E-state index in [1.807, 2.05) is 7.05 Å². The number of halogens is 1. The molecule has 96 valence electrons. The summed E-state index contributed by atoms with van der Waals surface area (Å²) < 4.78 is 17.9. The molecule has 0 aliphatic rings. The van der Waals surface area contributed by atoms with Crippen molar-refractivity contribution in [3.8, 4) is 0 Å². The first-order valence-electron chi connectivity index (χ1n) is 5.83. The van der Waals surface area contributed by atoms with Gasteiger partial charge in [-0.25, -0.2) is 4.39 Å². The van der Waals surface area contributed by atoms with Gasteiger partial charge in [0.15, 0.2) is 0 Å². The number of methoxy groups -OCH3 is 1. The van der Waals surface area contributed by atoms with Crippen LogP contribution in [-0.4, -0.2) is 38.8 Å². The van der Waals surface area contributed by atoms with E-state index in [0.717, 1.165) is 25.1 Å². The summed E-state index contributed by atoms with van der Waals surface area (Å²) in [6.45, 7) is 2.17. The summed E-state index contributed by atoms with van der Waals surface area (Å²) in [6, 6.07) is 6.66. The molecule has 0 saturated carbocycles. The van der Waals surface area contributed by atoms with Gasteiger partial charge in [-0.3, -0.25) is 4.90 Å². The highest BCUT2D eigenvalue weighted by Crippen LogP contribution is 2.18. The number of hydrogen-bond donors (Lipinski definition) is 1. The number of hydrogen-bond acceptors (Lipinski definition) is 3. The van der Waals surface area contributed by atoms with Gasteiger partial charge >= 0.3 is 0 Å². The van der Waals surface area contributed by atoms with Crippen molar-refractivity contribution in [3.63, 3.8) is 0 Å². The first kappa shape index (κ1) is 14.1. The second-order valence-electron chi connectivity index (χ2n) is 4.13. The summed E-state index contributed by atoms with van der Waals surface area (Å²) >= 11 is 0. The highest BCUT2D eigenvalue weighted by atomic mass is 19.1. The summed E-state index contributed by atoms with van der Waals surface area (Å²) in [5, 5.41) is 0. The Morgan fingerprint density at radius 3 is 2.53 bits per heavy atom. The molecule has 17 heavy (non-hydrogen) atoms. The number of nitrogens with two attached hydrogens (primary N) is 1. The minimum atomic E-state index is -0.216. The largest absolute Gasteiger partial charge is 0.385 e. The molecule has 1 unspecified atom stereocenters. The van der Waals surface area contributed by atoms with Crippen LogP contribution in [0.4, 0.5) is 4.39 Å². The van der Waals surface area contributed by atoms with E-state index in [9.17, 15) is 4.39 Å². The van der Waals surface area contributed by atoms with Crippen LogP contribution in [0.3, 0.4) is 0 Å². The molecule has 4 heteroatoms. The van der Waals surface area contributed by atoms with E-state index in [1.54, 1.807) is 19.2 Å². The minimum Gasteiger partial charge on any atom is -0.385 e. The number of ether oxygens (including phenoxy) is 1. The average molecular weight is 240 g/mol. The van der Waals surface area contributed by atoms with Gasteiger partial charge in [0.05, 0.1) is 0 Å². The Bertz CT molecular complexity index is 316. The fraction of sp³-hybridized carbons (Fsp3) is 0.538. The Morgan fingerprint density at radius 1 is 1.35 bits per heavy atom. The fourth-order valence-electron chi connectivity index (χ4n) is 1.87. The molecule has 1 atom stereocenters. The molecule has 3 nitrogen and oxygen atoms in total. The Balaban J connectivity index is 2.60. The SMILES string of the molecule is COCCCN(C)C(CN)c1ccc(F)cc1. The molecule has 0 fully saturated rings. The molecule has 1 aromatic carbocycles. The maximum absolute atomic E-state index is 12.8. The molecule has 2 N–H and O–H groups in total. The van der Waals surface area contributed by atoms with Crippen LogP contribution >= 0.6 is 0 Å². The maximum Gasteiger partial charge on any atom is 0.123 e. The van der Waals surface area contributed by atoms with Gasteiger partial charge in [0.25, 0.3) is 0 Å². The van der Waals surface area contributed by atoms with Crippen molar-refractivity contribution in [1.82, 2.24) is 4.90 Å². The molecule has 1 aromatic rings. The molecule has 0 amide bonds. The zero-order valence-electron chi connectivity index (χ0n) is 10.5. The quantitative estimate of drug-likeness (QED) is 0.738. The van der Waals surface area contributed by atoms with Gasteiger partial charge in [-0.2, -0.15) is 0 Å². The van der Waals surface area contributed by atoms with Gasteiger partial charge in [0.2, 0.25) is 0 Å². The van der Waals surface area contributed by atoms with E-state index in [0.29, 0.717) is 6.54 Å². The lowest BCUT2D eigenvalue weighted by Gasteiger charge is -2.27. The Kier molecular flexibility index (Phi) is 6.11. The van der Waals surface area contributed by atoms with Crippen LogP contribution in [0.2, 0.25) is 0 Å². The van der Waals surface area contributed by atoms with Gasteiger partial charge in [-0.1, -0.05) is 12.1 Å². The van der Waals surface area contributed by atoms with Crippen molar-refractivity contribution in [2.75, 3.05) is 33.9 Å². The van der Waals surface area contributed by atoms with Crippen LogP contribution in [0, 0.1) is 5.82 Å². The summed E-state index contributed by atoms with van der Waals surface area (Å²) in [4.78, 5) is 2.17. The molecule has 0 spiro atoms. The maximum atomic E-state index is 12.8. The van der Waals surface area contributed by atoms with Crippen LogP contribution in [0.25, 0.3) is 0 Å². The molecule has 0 bridgehead atoms. The highest BCUT2D eigenvalue weighted by Gasteiger charge is 2.14. The standard InChI is InChI=1S/C13H21FN2O/c1-16(8-3-9-17-2)13(10-15)11-4-6-12(14)7-5-11/h4-7,13H,3,8-10,15H2,1-2H3. The third kappa shape index (κ3) is 4.42. The molecule has 0 saturated heterocycles. The lowest BCUT2D eigenvalue weighted by atomic mass is 10.1. The van der Waals surface area contributed by atoms with Crippen molar-refractivity contribution in [3.05, 3.63) is 35.6 Å². The smallest absolute Gasteiger partial charge is 0.123 e. The molecule has 0 aliphatic carbocycles. The molecule has 0 heterocycles. The third-order valence-corrected chi connectivity index (χ3v) is 2.87. The molecular formula is C13H21FN2O. The summed E-state index contributed by atoms with van der Waals surface area (Å²) in [7, 11) is 3.72. The normalized spacial score (nSPS) is 13.0. The molecule has 1 rings (SSSR count). The Labute approximate surface area is 102 Å². The van der Waals surface area contributed by atoms with Crippen LogP contribution in [0.5, 0.6) is 0 Å². The molecule has 0 aliphatic heterocycles. The van der Waals surface area contributed by atoms with Crippen molar-refractivity contribution in [2.45, 2.75) is 12.5 Å². The van der Waals surface area contributed by atoms with E-state index in [4.69, 9.17) is 10.5 Å². The second-order valence-corrected chi connectivity index (χ2v) is 4.13. The van der Waals surface area contributed by atoms with Crippen molar-refractivity contribution >= 4 is 0 Å². The summed E-state index contributed by atoms with van der Waals surface area (Å²) in [5.74, 6) is -0.216. The summed E-state index contributed by atoms with van der Waals surface area (Å²) in [5.41, 5.74) is 6.83. The Morgan fingerprint density at radius 2 is 2.00 bits per heavy atom. The average Bonchev–Trinajstić information content (AvgIpc) is 2.33. The van der Waals surface area contributed by atoms with Crippen LogP contribution in [0.1, 0.15) is 18.0 Å². The lowest BCUT2D eigenvalue weighted by molar-refractivity contribution is 0.166. The van der Waals surface area contributed by atoms with Crippen molar-refractivity contribution < 1.29 is 9.13 Å². The van der Waals surface area contributed by atoms with Gasteiger partial charge in [0.1, 0.15) is 5.82 Å². The van der Waals surface area contributed by atoms with Gasteiger partial charge in [0, 0.05) is 32.8 Å². The first-order valence-corrected chi connectivity index (χ1v) is 5.83. The van der Waals surface area contributed by atoms with E-state index < -0.39 is 0 Å². The number of rotatable bonds is 7. The molecule has 0 aromatic heterocycles. The molecular weight excluding hydrogens is 219 g/mol. The predicted molar refractivity (Wildman–Crippen MR) is 67.3 cm³/mol.